The Hall–Kier alpha value is -1.24. The fourth-order valence-electron chi connectivity index (χ4n) is 1.17. The van der Waals surface area contributed by atoms with Crippen LogP contribution in [0.25, 0.3) is 0 Å². The number of alkyl halides is 3. The summed E-state index contributed by atoms with van der Waals surface area (Å²) < 4.78 is 40.0. The smallest absolute Gasteiger partial charge is 0.422 e. The Labute approximate surface area is 84.1 Å². The highest BCUT2D eigenvalue weighted by Gasteiger charge is 2.30. The molecule has 0 aliphatic rings. The van der Waals surface area contributed by atoms with Crippen molar-refractivity contribution < 1.29 is 23.0 Å². The minimum Gasteiger partial charge on any atom is -0.467 e. The van der Waals surface area contributed by atoms with Gasteiger partial charge in [-0.3, -0.25) is 5.10 Å². The van der Waals surface area contributed by atoms with Crippen LogP contribution in [0.15, 0.2) is 0 Å². The van der Waals surface area contributed by atoms with Crippen molar-refractivity contribution in [1.29, 1.82) is 0 Å². The van der Waals surface area contributed by atoms with E-state index < -0.39 is 18.9 Å². The molecule has 0 saturated heterocycles. The Balaban J connectivity index is 2.78. The molecule has 1 rings (SSSR count). The molecular formula is C8H11F3N2O2. The summed E-state index contributed by atoms with van der Waals surface area (Å²) >= 11 is 0. The molecule has 1 aromatic rings. The fraction of sp³-hybridized carbons (Fsp3) is 0.625. The van der Waals surface area contributed by atoms with Crippen molar-refractivity contribution in [1.82, 2.24) is 10.2 Å². The third kappa shape index (κ3) is 3.12. The highest BCUT2D eigenvalue weighted by Crippen LogP contribution is 2.27. The van der Waals surface area contributed by atoms with Crippen molar-refractivity contribution in [2.75, 3.05) is 6.61 Å². The zero-order chi connectivity index (χ0) is 11.6. The van der Waals surface area contributed by atoms with Gasteiger partial charge >= 0.3 is 6.18 Å². The largest absolute Gasteiger partial charge is 0.467 e. The van der Waals surface area contributed by atoms with E-state index in [0.29, 0.717) is 5.69 Å². The first-order chi connectivity index (χ1) is 6.81. The third-order valence-electron chi connectivity index (χ3n) is 1.75. The number of aromatic nitrogens is 2. The van der Waals surface area contributed by atoms with Gasteiger partial charge in [0.05, 0.1) is 11.7 Å². The van der Waals surface area contributed by atoms with Crippen LogP contribution in [0.5, 0.6) is 5.88 Å². The molecule has 0 bridgehead atoms. The van der Waals surface area contributed by atoms with Crippen molar-refractivity contribution in [3.05, 3.63) is 11.3 Å². The Morgan fingerprint density at radius 1 is 1.53 bits per heavy atom. The van der Waals surface area contributed by atoms with Gasteiger partial charge in [-0.2, -0.15) is 13.2 Å². The van der Waals surface area contributed by atoms with Crippen LogP contribution in [-0.2, 0) is 0 Å². The lowest BCUT2D eigenvalue weighted by atomic mass is 10.1. The van der Waals surface area contributed by atoms with Gasteiger partial charge < -0.3 is 9.84 Å². The van der Waals surface area contributed by atoms with Crippen LogP contribution in [0.1, 0.15) is 24.3 Å². The zero-order valence-electron chi connectivity index (χ0n) is 8.22. The Kier molecular flexibility index (Phi) is 3.23. The van der Waals surface area contributed by atoms with Gasteiger partial charge in [-0.25, -0.2) is 0 Å². The first kappa shape index (κ1) is 11.8. The minimum atomic E-state index is -4.41. The summed E-state index contributed by atoms with van der Waals surface area (Å²) in [6, 6.07) is 0. The predicted molar refractivity (Wildman–Crippen MR) is 45.5 cm³/mol. The van der Waals surface area contributed by atoms with E-state index in [4.69, 9.17) is 0 Å². The van der Waals surface area contributed by atoms with Crippen molar-refractivity contribution in [2.45, 2.75) is 26.1 Å². The Bertz CT molecular complexity index is 333. The van der Waals surface area contributed by atoms with E-state index in [9.17, 15) is 18.3 Å². The molecule has 1 heterocycles. The summed E-state index contributed by atoms with van der Waals surface area (Å²) in [6.07, 6.45) is -5.34. The van der Waals surface area contributed by atoms with Crippen LogP contribution in [0.3, 0.4) is 0 Å². The summed E-state index contributed by atoms with van der Waals surface area (Å²) in [7, 11) is 0. The summed E-state index contributed by atoms with van der Waals surface area (Å²) in [5, 5.41) is 15.3. The molecule has 0 fully saturated rings. The quantitative estimate of drug-likeness (QED) is 0.821. The van der Waals surface area contributed by atoms with Crippen LogP contribution in [-0.4, -0.2) is 28.1 Å². The van der Waals surface area contributed by atoms with E-state index in [0.717, 1.165) is 0 Å². The number of rotatable bonds is 3. The number of H-pyrrole nitrogens is 1. The Morgan fingerprint density at radius 2 is 2.13 bits per heavy atom. The van der Waals surface area contributed by atoms with Crippen LogP contribution < -0.4 is 4.74 Å². The first-order valence-corrected chi connectivity index (χ1v) is 4.23. The van der Waals surface area contributed by atoms with Gasteiger partial charge in [0.15, 0.2) is 6.61 Å². The number of hydrogen-bond acceptors (Lipinski definition) is 3. The molecule has 1 unspecified atom stereocenters. The molecule has 7 heteroatoms. The van der Waals surface area contributed by atoms with Crippen LogP contribution >= 0.6 is 0 Å². The highest BCUT2D eigenvalue weighted by atomic mass is 19.4. The predicted octanol–water partition coefficient (Wildman–Crippen LogP) is 1.71. The topological polar surface area (TPSA) is 58.1 Å². The number of aryl methyl sites for hydroxylation is 1. The number of aromatic amines is 1. The van der Waals surface area contributed by atoms with Gasteiger partial charge in [0, 0.05) is 5.69 Å². The molecule has 0 aliphatic carbocycles. The zero-order valence-corrected chi connectivity index (χ0v) is 8.22. The number of nitrogens with zero attached hydrogens (tertiary/aromatic N) is 1. The average molecular weight is 224 g/mol. The SMILES string of the molecule is Cc1[nH]nc(OCC(F)(F)F)c1C(C)O. The number of ether oxygens (including phenoxy) is 1. The Morgan fingerprint density at radius 3 is 2.60 bits per heavy atom. The lowest BCUT2D eigenvalue weighted by Gasteiger charge is -2.09. The van der Waals surface area contributed by atoms with E-state index in [2.05, 4.69) is 14.9 Å². The number of aliphatic hydroxyl groups excluding tert-OH is 1. The first-order valence-electron chi connectivity index (χ1n) is 4.23. The van der Waals surface area contributed by atoms with Crippen LogP contribution in [0.2, 0.25) is 0 Å². The molecule has 4 nitrogen and oxygen atoms in total. The molecule has 0 aliphatic heterocycles. The molecule has 0 amide bonds. The molecule has 1 atom stereocenters. The maximum absolute atomic E-state index is 11.9. The van der Waals surface area contributed by atoms with Crippen molar-refractivity contribution in [3.63, 3.8) is 0 Å². The van der Waals surface area contributed by atoms with Gasteiger partial charge in [-0.1, -0.05) is 0 Å². The maximum atomic E-state index is 11.9. The normalized spacial score (nSPS) is 14.0. The number of aliphatic hydroxyl groups is 1. The molecule has 15 heavy (non-hydrogen) atoms. The van der Waals surface area contributed by atoms with Crippen molar-refractivity contribution in [3.8, 4) is 5.88 Å². The molecule has 0 saturated carbocycles. The van der Waals surface area contributed by atoms with E-state index in [1.807, 2.05) is 0 Å². The summed E-state index contributed by atoms with van der Waals surface area (Å²) in [5.41, 5.74) is 0.737. The van der Waals surface area contributed by atoms with Gasteiger partial charge in [0.25, 0.3) is 0 Å². The number of nitrogens with one attached hydrogen (secondary N) is 1. The van der Waals surface area contributed by atoms with Gasteiger partial charge in [-0.15, -0.1) is 5.10 Å². The number of hydrogen-bond donors (Lipinski definition) is 2. The molecule has 0 radical (unpaired) electrons. The third-order valence-corrected chi connectivity index (χ3v) is 1.75. The molecule has 1 aromatic heterocycles. The van der Waals surface area contributed by atoms with E-state index in [1.54, 1.807) is 6.92 Å². The summed E-state index contributed by atoms with van der Waals surface area (Å²) in [5.74, 6) is -0.208. The molecule has 2 N–H and O–H groups in total. The lowest BCUT2D eigenvalue weighted by molar-refractivity contribution is -0.154. The van der Waals surface area contributed by atoms with Crippen LogP contribution in [0, 0.1) is 6.92 Å². The average Bonchev–Trinajstić information content (AvgIpc) is 2.42. The minimum absolute atomic E-state index is 0.208. The van der Waals surface area contributed by atoms with E-state index >= 15 is 0 Å². The van der Waals surface area contributed by atoms with E-state index in [1.165, 1.54) is 6.92 Å². The van der Waals surface area contributed by atoms with Gasteiger partial charge in [0.2, 0.25) is 5.88 Å². The highest BCUT2D eigenvalue weighted by molar-refractivity contribution is 5.31. The lowest BCUT2D eigenvalue weighted by Crippen LogP contribution is -2.20. The van der Waals surface area contributed by atoms with Crippen LogP contribution in [0.4, 0.5) is 13.2 Å². The molecular weight excluding hydrogens is 213 g/mol. The molecule has 86 valence electrons. The summed E-state index contributed by atoms with van der Waals surface area (Å²) in [4.78, 5) is 0. The fourth-order valence-corrected chi connectivity index (χ4v) is 1.17. The second-order valence-corrected chi connectivity index (χ2v) is 3.15. The van der Waals surface area contributed by atoms with Gasteiger partial charge in [-0.05, 0) is 13.8 Å². The van der Waals surface area contributed by atoms with Gasteiger partial charge in [0.1, 0.15) is 0 Å². The summed E-state index contributed by atoms with van der Waals surface area (Å²) in [6.45, 7) is 1.60. The van der Waals surface area contributed by atoms with Crippen molar-refractivity contribution in [2.24, 2.45) is 0 Å². The second kappa shape index (κ2) is 4.09. The van der Waals surface area contributed by atoms with Crippen molar-refractivity contribution >= 4 is 0 Å². The standard InChI is InChI=1S/C8H11F3N2O2/c1-4-6(5(2)14)7(13-12-4)15-3-8(9,10)11/h5,14H,3H2,1-2H3,(H,12,13). The number of halogens is 3. The monoisotopic (exact) mass is 224 g/mol. The van der Waals surface area contributed by atoms with E-state index in [-0.39, 0.29) is 11.4 Å². The molecule has 0 aromatic carbocycles. The second-order valence-electron chi connectivity index (χ2n) is 3.15. The maximum Gasteiger partial charge on any atom is 0.422 e. The molecule has 0 spiro atoms.